The Labute approximate surface area is 147 Å². The van der Waals surface area contributed by atoms with Crippen LogP contribution in [0.15, 0.2) is 23.2 Å². The van der Waals surface area contributed by atoms with Crippen LogP contribution in [-0.2, 0) is 9.53 Å². The monoisotopic (exact) mass is 348 g/mol. The van der Waals surface area contributed by atoms with Gasteiger partial charge in [0.25, 0.3) is 0 Å². The number of aliphatic imine (C=N–C) groups is 1. The fourth-order valence-electron chi connectivity index (χ4n) is 2.76. The first-order valence-corrected chi connectivity index (χ1v) is 8.26. The van der Waals surface area contributed by atoms with Crippen LogP contribution in [0.3, 0.4) is 0 Å². The number of rotatable bonds is 7. The zero-order valence-corrected chi connectivity index (χ0v) is 15.0. The molecule has 0 aromatic heterocycles. The van der Waals surface area contributed by atoms with Crippen molar-refractivity contribution in [1.29, 1.82) is 0 Å². The van der Waals surface area contributed by atoms with E-state index >= 15 is 0 Å². The van der Waals surface area contributed by atoms with Crippen molar-refractivity contribution in [3.05, 3.63) is 23.8 Å². The number of benzene rings is 1. The SMILES string of the molecule is CCCCOC(=O)C1C(C)=NC(=O)NC1c1ccc(OC)c(OC)c1. The highest BCUT2D eigenvalue weighted by atomic mass is 16.5. The van der Waals surface area contributed by atoms with E-state index in [9.17, 15) is 9.59 Å². The Bertz CT molecular complexity index is 671. The molecule has 0 saturated heterocycles. The first kappa shape index (κ1) is 18.8. The summed E-state index contributed by atoms with van der Waals surface area (Å²) in [6, 6.07) is 4.22. The molecule has 2 amide bonds. The second-order valence-electron chi connectivity index (χ2n) is 5.79. The summed E-state index contributed by atoms with van der Waals surface area (Å²) >= 11 is 0. The molecule has 0 spiro atoms. The number of ether oxygens (including phenoxy) is 3. The van der Waals surface area contributed by atoms with Crippen molar-refractivity contribution in [2.24, 2.45) is 10.9 Å². The molecule has 0 bridgehead atoms. The topological polar surface area (TPSA) is 86.2 Å². The zero-order chi connectivity index (χ0) is 18.4. The molecular formula is C18H24N2O5. The van der Waals surface area contributed by atoms with Gasteiger partial charge in [-0.05, 0) is 31.0 Å². The van der Waals surface area contributed by atoms with Gasteiger partial charge < -0.3 is 19.5 Å². The maximum Gasteiger partial charge on any atom is 0.341 e. The van der Waals surface area contributed by atoms with E-state index in [0.717, 1.165) is 18.4 Å². The molecule has 1 N–H and O–H groups in total. The first-order chi connectivity index (χ1) is 12.0. The van der Waals surface area contributed by atoms with E-state index in [4.69, 9.17) is 14.2 Å². The molecule has 136 valence electrons. The Morgan fingerprint density at radius 2 is 1.96 bits per heavy atom. The molecule has 25 heavy (non-hydrogen) atoms. The molecule has 0 radical (unpaired) electrons. The lowest BCUT2D eigenvalue weighted by molar-refractivity contribution is -0.147. The summed E-state index contributed by atoms with van der Waals surface area (Å²) in [5.41, 5.74) is 1.16. The van der Waals surface area contributed by atoms with Crippen LogP contribution in [0.2, 0.25) is 0 Å². The third kappa shape index (κ3) is 4.29. The molecule has 0 fully saturated rings. The third-order valence-electron chi connectivity index (χ3n) is 4.10. The predicted octanol–water partition coefficient (Wildman–Crippen LogP) is 2.89. The summed E-state index contributed by atoms with van der Waals surface area (Å²) in [4.78, 5) is 28.3. The van der Waals surface area contributed by atoms with Gasteiger partial charge in [0.1, 0.15) is 5.92 Å². The van der Waals surface area contributed by atoms with Crippen LogP contribution in [-0.4, -0.2) is 38.5 Å². The van der Waals surface area contributed by atoms with Gasteiger partial charge in [-0.2, -0.15) is 0 Å². The van der Waals surface area contributed by atoms with E-state index in [0.29, 0.717) is 23.8 Å². The zero-order valence-electron chi connectivity index (χ0n) is 15.0. The van der Waals surface area contributed by atoms with E-state index < -0.39 is 24.0 Å². The van der Waals surface area contributed by atoms with E-state index in [1.54, 1.807) is 32.2 Å². The maximum atomic E-state index is 12.5. The number of urea groups is 1. The minimum absolute atomic E-state index is 0.353. The number of methoxy groups -OCH3 is 2. The van der Waals surface area contributed by atoms with Gasteiger partial charge in [0, 0.05) is 5.71 Å². The summed E-state index contributed by atoms with van der Waals surface area (Å²) < 4.78 is 15.9. The van der Waals surface area contributed by atoms with Gasteiger partial charge in [0.2, 0.25) is 0 Å². The number of nitrogens with zero attached hydrogens (tertiary/aromatic N) is 1. The number of carbonyl (C=O) groups excluding carboxylic acids is 2. The molecule has 7 nitrogen and oxygen atoms in total. The van der Waals surface area contributed by atoms with Gasteiger partial charge in [0.05, 0.1) is 26.9 Å². The van der Waals surface area contributed by atoms with Gasteiger partial charge in [-0.15, -0.1) is 0 Å². The van der Waals surface area contributed by atoms with Crippen LogP contribution in [0.25, 0.3) is 0 Å². The lowest BCUT2D eigenvalue weighted by atomic mass is 9.88. The van der Waals surface area contributed by atoms with E-state index in [-0.39, 0.29) is 0 Å². The molecule has 7 heteroatoms. The summed E-state index contributed by atoms with van der Waals surface area (Å²) in [5, 5.41) is 2.75. The number of carbonyl (C=O) groups is 2. The second kappa shape index (κ2) is 8.50. The molecule has 1 aromatic rings. The Kier molecular flexibility index (Phi) is 6.38. The highest BCUT2D eigenvalue weighted by Crippen LogP contribution is 2.34. The van der Waals surface area contributed by atoms with Crippen LogP contribution >= 0.6 is 0 Å². The quantitative estimate of drug-likeness (QED) is 0.605. The van der Waals surface area contributed by atoms with Crippen molar-refractivity contribution in [3.8, 4) is 11.5 Å². The molecule has 0 aliphatic carbocycles. The summed E-state index contributed by atoms with van der Waals surface area (Å²) in [7, 11) is 3.08. The molecule has 1 aliphatic heterocycles. The average molecular weight is 348 g/mol. The van der Waals surface area contributed by atoms with Crippen LogP contribution in [0.1, 0.15) is 38.3 Å². The molecule has 2 rings (SSSR count). The van der Waals surface area contributed by atoms with Gasteiger partial charge >= 0.3 is 12.0 Å². The van der Waals surface area contributed by atoms with Gasteiger partial charge in [-0.1, -0.05) is 19.4 Å². The van der Waals surface area contributed by atoms with Gasteiger partial charge in [-0.25, -0.2) is 9.79 Å². The molecule has 2 unspecified atom stereocenters. The second-order valence-corrected chi connectivity index (χ2v) is 5.79. The smallest absolute Gasteiger partial charge is 0.341 e. The van der Waals surface area contributed by atoms with Crippen molar-refractivity contribution >= 4 is 17.7 Å². The van der Waals surface area contributed by atoms with Crippen molar-refractivity contribution in [3.63, 3.8) is 0 Å². The van der Waals surface area contributed by atoms with Crippen LogP contribution < -0.4 is 14.8 Å². The number of esters is 1. The molecule has 1 aliphatic rings. The first-order valence-electron chi connectivity index (χ1n) is 8.26. The maximum absolute atomic E-state index is 12.5. The standard InChI is InChI=1S/C18H24N2O5/c1-5-6-9-25-17(21)15-11(2)19-18(22)20-16(15)12-7-8-13(23-3)14(10-12)24-4/h7-8,10,15-16H,5-6,9H2,1-4H3,(H,20,22). The number of hydrogen-bond donors (Lipinski definition) is 1. The Morgan fingerprint density at radius 3 is 2.60 bits per heavy atom. The van der Waals surface area contributed by atoms with E-state index in [1.807, 2.05) is 6.92 Å². The van der Waals surface area contributed by atoms with Gasteiger partial charge in [0.15, 0.2) is 11.5 Å². The summed E-state index contributed by atoms with van der Waals surface area (Å²) in [6.07, 6.45) is 1.73. The summed E-state index contributed by atoms with van der Waals surface area (Å²) in [6.45, 7) is 4.04. The number of hydrogen-bond acceptors (Lipinski definition) is 5. The minimum atomic E-state index is -0.673. The highest BCUT2D eigenvalue weighted by Gasteiger charge is 2.38. The van der Waals surface area contributed by atoms with E-state index in [2.05, 4.69) is 10.3 Å². The fraction of sp³-hybridized carbons (Fsp3) is 0.500. The van der Waals surface area contributed by atoms with Crippen molar-refractivity contribution in [1.82, 2.24) is 5.32 Å². The Hall–Kier alpha value is -2.57. The van der Waals surface area contributed by atoms with Crippen LogP contribution in [0.4, 0.5) is 4.79 Å². The number of nitrogens with one attached hydrogen (secondary N) is 1. The Balaban J connectivity index is 2.33. The third-order valence-corrected chi connectivity index (χ3v) is 4.10. The minimum Gasteiger partial charge on any atom is -0.493 e. The molecule has 2 atom stereocenters. The number of unbranched alkanes of at least 4 members (excludes halogenated alkanes) is 1. The molecule has 1 heterocycles. The largest absolute Gasteiger partial charge is 0.493 e. The predicted molar refractivity (Wildman–Crippen MR) is 93.3 cm³/mol. The van der Waals surface area contributed by atoms with Crippen LogP contribution in [0.5, 0.6) is 11.5 Å². The average Bonchev–Trinajstić information content (AvgIpc) is 2.60. The fourth-order valence-corrected chi connectivity index (χ4v) is 2.76. The lowest BCUT2D eigenvalue weighted by Crippen LogP contribution is -2.44. The number of amides is 2. The molecule has 1 aromatic carbocycles. The van der Waals surface area contributed by atoms with Crippen LogP contribution in [0, 0.1) is 5.92 Å². The van der Waals surface area contributed by atoms with Crippen molar-refractivity contribution in [2.45, 2.75) is 32.7 Å². The Morgan fingerprint density at radius 1 is 1.24 bits per heavy atom. The normalized spacial score (nSPS) is 19.7. The highest BCUT2D eigenvalue weighted by molar-refractivity contribution is 6.08. The summed E-state index contributed by atoms with van der Waals surface area (Å²) in [5.74, 6) is 0.0236. The van der Waals surface area contributed by atoms with Crippen molar-refractivity contribution < 1.29 is 23.8 Å². The van der Waals surface area contributed by atoms with Crippen molar-refractivity contribution in [2.75, 3.05) is 20.8 Å². The van der Waals surface area contributed by atoms with E-state index in [1.165, 1.54) is 7.11 Å². The molecule has 0 saturated carbocycles. The molecular weight excluding hydrogens is 324 g/mol. The van der Waals surface area contributed by atoms with Gasteiger partial charge in [-0.3, -0.25) is 4.79 Å². The lowest BCUT2D eigenvalue weighted by Gasteiger charge is -2.30.